The lowest BCUT2D eigenvalue weighted by atomic mass is 9.82. The van der Waals surface area contributed by atoms with Crippen LogP contribution in [-0.4, -0.2) is 23.1 Å². The Morgan fingerprint density at radius 2 is 1.68 bits per heavy atom. The fourth-order valence-corrected chi connectivity index (χ4v) is 4.05. The van der Waals surface area contributed by atoms with E-state index in [-0.39, 0.29) is 17.7 Å². The van der Waals surface area contributed by atoms with Gasteiger partial charge in [-0.15, -0.1) is 0 Å². The number of ether oxygens (including phenoxy) is 1. The number of fused-ring (bicyclic) bond motifs is 2. The van der Waals surface area contributed by atoms with E-state index in [0.717, 1.165) is 12.8 Å². The zero-order valence-corrected chi connectivity index (χ0v) is 16.1. The molecule has 1 aliphatic carbocycles. The molecule has 1 aliphatic heterocycles. The van der Waals surface area contributed by atoms with E-state index in [1.165, 1.54) is 35.2 Å². The average molecular weight is 389 g/mol. The summed E-state index contributed by atoms with van der Waals surface area (Å²) in [6.07, 6.45) is 0.937. The Bertz CT molecular complexity index is 941. The van der Waals surface area contributed by atoms with Gasteiger partial charge in [-0.2, -0.15) is 0 Å². The molecule has 0 atom stereocenters. The van der Waals surface area contributed by atoms with Crippen LogP contribution in [0.5, 0.6) is 0 Å². The molecule has 1 saturated carbocycles. The van der Waals surface area contributed by atoms with Crippen LogP contribution in [0.15, 0.2) is 30.3 Å². The zero-order chi connectivity index (χ0) is 20.3. The van der Waals surface area contributed by atoms with Crippen molar-refractivity contribution in [2.45, 2.75) is 51.2 Å². The minimum absolute atomic E-state index is 0.0485. The molecule has 148 valence electrons. The van der Waals surface area contributed by atoms with Crippen LogP contribution in [0.3, 0.4) is 0 Å². The first-order valence-corrected chi connectivity index (χ1v) is 9.35. The molecule has 1 heterocycles. The lowest BCUT2D eigenvalue weighted by Crippen LogP contribution is -2.44. The molecule has 0 radical (unpaired) electrons. The molecular weight excluding hydrogens is 367 g/mol. The van der Waals surface area contributed by atoms with Gasteiger partial charge in [-0.3, -0.25) is 0 Å². The number of rotatable bonds is 1. The third-order valence-corrected chi connectivity index (χ3v) is 5.37. The highest BCUT2D eigenvalue weighted by atomic mass is 19.1. The van der Waals surface area contributed by atoms with Crippen LogP contribution in [0.25, 0.3) is 11.1 Å². The fourth-order valence-electron chi connectivity index (χ4n) is 4.05. The van der Waals surface area contributed by atoms with Gasteiger partial charge in [-0.05, 0) is 62.9 Å². The van der Waals surface area contributed by atoms with Crippen molar-refractivity contribution in [3.05, 3.63) is 58.9 Å². The molecule has 0 N–H and O–H groups in total. The average Bonchev–Trinajstić information content (AvgIpc) is 3.34. The number of carbonyl (C=O) groups is 1. The summed E-state index contributed by atoms with van der Waals surface area (Å²) in [6, 6.07) is 6.30. The van der Waals surface area contributed by atoms with Gasteiger partial charge in [0.2, 0.25) is 0 Å². The van der Waals surface area contributed by atoms with Gasteiger partial charge in [0.25, 0.3) is 0 Å². The summed E-state index contributed by atoms with van der Waals surface area (Å²) < 4.78 is 49.2. The van der Waals surface area contributed by atoms with Crippen LogP contribution in [0, 0.1) is 17.5 Å². The Hall–Kier alpha value is -2.50. The van der Waals surface area contributed by atoms with E-state index in [1.807, 2.05) is 0 Å². The monoisotopic (exact) mass is 389 g/mol. The summed E-state index contributed by atoms with van der Waals surface area (Å²) in [5.74, 6) is -1.82. The summed E-state index contributed by atoms with van der Waals surface area (Å²) in [5, 5.41) is 0. The maximum Gasteiger partial charge on any atom is 0.410 e. The number of hydrogen-bond acceptors (Lipinski definition) is 2. The Balaban J connectivity index is 1.84. The SMILES string of the molecule is CC(C)(C)OC(=O)N1Cc2c(-c3c(F)cccc3F)ccc(F)c2C2(CC2)C1. The van der Waals surface area contributed by atoms with Crippen molar-refractivity contribution in [1.82, 2.24) is 4.90 Å². The van der Waals surface area contributed by atoms with Crippen molar-refractivity contribution in [3.8, 4) is 11.1 Å². The number of nitrogens with zero attached hydrogens (tertiary/aromatic N) is 1. The molecule has 2 aliphatic rings. The lowest BCUT2D eigenvalue weighted by Gasteiger charge is -2.37. The number of hydrogen-bond donors (Lipinski definition) is 0. The number of halogens is 3. The first-order chi connectivity index (χ1) is 13.1. The van der Waals surface area contributed by atoms with Gasteiger partial charge in [-0.25, -0.2) is 18.0 Å². The smallest absolute Gasteiger partial charge is 0.410 e. The molecule has 2 aromatic carbocycles. The van der Waals surface area contributed by atoms with Gasteiger partial charge in [0.05, 0.1) is 12.1 Å². The molecule has 1 spiro atoms. The summed E-state index contributed by atoms with van der Waals surface area (Å²) in [5.41, 5.74) is -0.152. The lowest BCUT2D eigenvalue weighted by molar-refractivity contribution is 0.0195. The highest BCUT2D eigenvalue weighted by Crippen LogP contribution is 2.55. The van der Waals surface area contributed by atoms with Gasteiger partial charge in [0, 0.05) is 17.5 Å². The largest absolute Gasteiger partial charge is 0.444 e. The molecule has 6 heteroatoms. The van der Waals surface area contributed by atoms with Crippen LogP contribution >= 0.6 is 0 Å². The highest BCUT2D eigenvalue weighted by molar-refractivity contribution is 5.75. The second kappa shape index (κ2) is 6.26. The Labute approximate surface area is 162 Å². The van der Waals surface area contributed by atoms with Crippen molar-refractivity contribution in [2.24, 2.45) is 0 Å². The Kier molecular flexibility index (Phi) is 4.21. The summed E-state index contributed by atoms with van der Waals surface area (Å²) >= 11 is 0. The molecule has 0 bridgehead atoms. The Morgan fingerprint density at radius 3 is 2.25 bits per heavy atom. The second-order valence-electron chi connectivity index (χ2n) is 8.66. The van der Waals surface area contributed by atoms with Gasteiger partial charge in [0.15, 0.2) is 0 Å². The van der Waals surface area contributed by atoms with Crippen molar-refractivity contribution in [1.29, 1.82) is 0 Å². The molecule has 0 unspecified atom stereocenters. The first-order valence-electron chi connectivity index (χ1n) is 9.35. The molecule has 0 saturated heterocycles. The van der Waals surface area contributed by atoms with Crippen LogP contribution in [0.1, 0.15) is 44.7 Å². The van der Waals surface area contributed by atoms with E-state index in [9.17, 15) is 18.0 Å². The van der Waals surface area contributed by atoms with Crippen molar-refractivity contribution in [2.75, 3.05) is 6.54 Å². The fraction of sp³-hybridized carbons (Fsp3) is 0.409. The minimum Gasteiger partial charge on any atom is -0.444 e. The maximum absolute atomic E-state index is 14.8. The van der Waals surface area contributed by atoms with Gasteiger partial charge < -0.3 is 9.64 Å². The topological polar surface area (TPSA) is 29.5 Å². The summed E-state index contributed by atoms with van der Waals surface area (Å²) in [7, 11) is 0. The first kappa shape index (κ1) is 18.8. The van der Waals surface area contributed by atoms with E-state index in [1.54, 1.807) is 20.8 Å². The molecule has 3 nitrogen and oxygen atoms in total. The van der Waals surface area contributed by atoms with Gasteiger partial charge >= 0.3 is 6.09 Å². The summed E-state index contributed by atoms with van der Waals surface area (Å²) in [4.78, 5) is 14.2. The van der Waals surface area contributed by atoms with Crippen LogP contribution < -0.4 is 0 Å². The number of amides is 1. The van der Waals surface area contributed by atoms with Gasteiger partial charge in [-0.1, -0.05) is 12.1 Å². The normalized spacial score (nSPS) is 17.4. The van der Waals surface area contributed by atoms with Crippen LogP contribution in [-0.2, 0) is 16.7 Å². The third kappa shape index (κ3) is 3.15. The van der Waals surface area contributed by atoms with Crippen LogP contribution in [0.2, 0.25) is 0 Å². The predicted octanol–water partition coefficient (Wildman–Crippen LogP) is 5.55. The standard InChI is InChI=1S/C22H22F3NO2/c1-21(2,3)28-20(27)26-11-14-13(18-15(23)5-4-6-16(18)24)7-8-17(25)19(14)22(12-26)9-10-22/h4-8H,9-12H2,1-3H3. The van der Waals surface area contributed by atoms with E-state index >= 15 is 0 Å². The van der Waals surface area contributed by atoms with E-state index in [4.69, 9.17) is 4.74 Å². The molecule has 4 rings (SSSR count). The van der Waals surface area contributed by atoms with E-state index in [0.29, 0.717) is 17.7 Å². The molecule has 28 heavy (non-hydrogen) atoms. The van der Waals surface area contributed by atoms with Crippen molar-refractivity contribution in [3.63, 3.8) is 0 Å². The maximum atomic E-state index is 14.8. The second-order valence-corrected chi connectivity index (χ2v) is 8.66. The zero-order valence-electron chi connectivity index (χ0n) is 16.1. The quantitative estimate of drug-likeness (QED) is 0.640. The minimum atomic E-state index is -0.715. The summed E-state index contributed by atoms with van der Waals surface area (Å²) in [6.45, 7) is 5.71. The van der Waals surface area contributed by atoms with Crippen molar-refractivity contribution >= 4 is 6.09 Å². The molecular formula is C22H22F3NO2. The predicted molar refractivity (Wildman–Crippen MR) is 99.3 cm³/mol. The molecule has 1 fully saturated rings. The van der Waals surface area contributed by atoms with Crippen molar-refractivity contribution < 1.29 is 22.7 Å². The highest BCUT2D eigenvalue weighted by Gasteiger charge is 2.52. The number of carbonyl (C=O) groups excluding carboxylic acids is 1. The number of benzene rings is 2. The molecule has 2 aromatic rings. The third-order valence-electron chi connectivity index (χ3n) is 5.37. The Morgan fingerprint density at radius 1 is 1.04 bits per heavy atom. The molecule has 1 amide bonds. The van der Waals surface area contributed by atoms with E-state index < -0.39 is 34.6 Å². The van der Waals surface area contributed by atoms with Gasteiger partial charge in [0.1, 0.15) is 23.1 Å². The molecule has 0 aromatic heterocycles. The van der Waals surface area contributed by atoms with E-state index in [2.05, 4.69) is 0 Å². The van der Waals surface area contributed by atoms with Crippen LogP contribution in [0.4, 0.5) is 18.0 Å².